The van der Waals surface area contributed by atoms with Crippen molar-refractivity contribution >= 4 is 34.8 Å². The Kier molecular flexibility index (Phi) is 5.50. The summed E-state index contributed by atoms with van der Waals surface area (Å²) in [5, 5.41) is 23.4. The SMILES string of the molecule is O=C(Nc1cc([N+](=O)[O-])ccc1O)c1ccc2c(c1)C(=O)N(c1ccccc1-c1ccccc1)C2=O. The van der Waals surface area contributed by atoms with Crippen LogP contribution in [0.25, 0.3) is 11.1 Å². The molecule has 9 nitrogen and oxygen atoms in total. The summed E-state index contributed by atoms with van der Waals surface area (Å²) in [6.07, 6.45) is 0. The van der Waals surface area contributed by atoms with Gasteiger partial charge in [-0.3, -0.25) is 24.5 Å². The lowest BCUT2D eigenvalue weighted by Crippen LogP contribution is -2.29. The van der Waals surface area contributed by atoms with Crippen LogP contribution in [0.2, 0.25) is 0 Å². The smallest absolute Gasteiger partial charge is 0.271 e. The highest BCUT2D eigenvalue weighted by Crippen LogP contribution is 2.36. The summed E-state index contributed by atoms with van der Waals surface area (Å²) in [6, 6.07) is 23.7. The lowest BCUT2D eigenvalue weighted by Gasteiger charge is -2.18. The summed E-state index contributed by atoms with van der Waals surface area (Å²) in [5.74, 6) is -2.16. The minimum atomic E-state index is -0.711. The van der Waals surface area contributed by atoms with E-state index in [4.69, 9.17) is 0 Å². The molecular weight excluding hydrogens is 462 g/mol. The van der Waals surface area contributed by atoms with Crippen LogP contribution in [0.1, 0.15) is 31.1 Å². The molecular formula is C27H17N3O6. The van der Waals surface area contributed by atoms with Gasteiger partial charge in [0, 0.05) is 23.3 Å². The fourth-order valence-electron chi connectivity index (χ4n) is 4.06. The highest BCUT2D eigenvalue weighted by atomic mass is 16.6. The topological polar surface area (TPSA) is 130 Å². The maximum Gasteiger partial charge on any atom is 0.271 e. The highest BCUT2D eigenvalue weighted by Gasteiger charge is 2.38. The summed E-state index contributed by atoms with van der Waals surface area (Å²) >= 11 is 0. The maximum atomic E-state index is 13.4. The molecule has 5 rings (SSSR count). The molecule has 0 aliphatic carbocycles. The number of benzene rings is 4. The van der Waals surface area contributed by atoms with Gasteiger partial charge in [-0.05, 0) is 35.9 Å². The molecule has 4 aromatic rings. The van der Waals surface area contributed by atoms with Gasteiger partial charge >= 0.3 is 0 Å². The summed E-state index contributed by atoms with van der Waals surface area (Å²) in [4.78, 5) is 50.8. The lowest BCUT2D eigenvalue weighted by molar-refractivity contribution is -0.384. The molecule has 2 N–H and O–H groups in total. The zero-order valence-corrected chi connectivity index (χ0v) is 18.5. The fourth-order valence-corrected chi connectivity index (χ4v) is 4.06. The maximum absolute atomic E-state index is 13.4. The molecule has 1 heterocycles. The number of phenols is 1. The number of nitro benzene ring substituents is 1. The van der Waals surface area contributed by atoms with Gasteiger partial charge in [0.15, 0.2) is 0 Å². The lowest BCUT2D eigenvalue weighted by atomic mass is 10.0. The Morgan fingerprint density at radius 3 is 2.25 bits per heavy atom. The molecule has 1 aliphatic rings. The van der Waals surface area contributed by atoms with E-state index in [9.17, 15) is 29.6 Å². The second kappa shape index (κ2) is 8.80. The summed E-state index contributed by atoms with van der Waals surface area (Å²) in [7, 11) is 0. The first-order chi connectivity index (χ1) is 17.3. The molecule has 3 amide bonds. The average Bonchev–Trinajstić information content (AvgIpc) is 3.14. The van der Waals surface area contributed by atoms with Gasteiger partial charge in [-0.15, -0.1) is 0 Å². The molecule has 0 aromatic heterocycles. The average molecular weight is 479 g/mol. The number of nitro groups is 1. The van der Waals surface area contributed by atoms with Crippen molar-refractivity contribution in [2.75, 3.05) is 10.2 Å². The van der Waals surface area contributed by atoms with Crippen molar-refractivity contribution in [2.24, 2.45) is 0 Å². The summed E-state index contributed by atoms with van der Waals surface area (Å²) in [6.45, 7) is 0. The molecule has 0 saturated heterocycles. The number of hydrogen-bond acceptors (Lipinski definition) is 6. The van der Waals surface area contributed by atoms with E-state index in [1.165, 1.54) is 18.2 Å². The quantitative estimate of drug-likeness (QED) is 0.179. The van der Waals surface area contributed by atoms with Crippen LogP contribution in [-0.2, 0) is 0 Å². The van der Waals surface area contributed by atoms with Crippen LogP contribution in [0, 0.1) is 10.1 Å². The summed E-state index contributed by atoms with van der Waals surface area (Å²) < 4.78 is 0. The predicted molar refractivity (Wildman–Crippen MR) is 132 cm³/mol. The summed E-state index contributed by atoms with van der Waals surface area (Å²) in [5.41, 5.74) is 1.73. The number of hydrogen-bond donors (Lipinski definition) is 2. The number of aromatic hydroxyl groups is 1. The first-order valence-electron chi connectivity index (χ1n) is 10.8. The number of carbonyl (C=O) groups is 3. The van der Waals surface area contributed by atoms with Gasteiger partial charge in [0.1, 0.15) is 5.75 Å². The number of imide groups is 1. The number of nitrogens with zero attached hydrogens (tertiary/aromatic N) is 2. The number of non-ortho nitro benzene ring substituents is 1. The number of amides is 3. The normalized spacial score (nSPS) is 12.4. The minimum Gasteiger partial charge on any atom is -0.506 e. The number of fused-ring (bicyclic) bond motifs is 1. The highest BCUT2D eigenvalue weighted by molar-refractivity contribution is 6.35. The molecule has 0 atom stereocenters. The molecule has 0 fully saturated rings. The molecule has 0 spiro atoms. The van der Waals surface area contributed by atoms with Gasteiger partial charge in [0.25, 0.3) is 23.4 Å². The van der Waals surface area contributed by atoms with E-state index in [0.717, 1.165) is 28.7 Å². The van der Waals surface area contributed by atoms with Crippen LogP contribution in [0.4, 0.5) is 17.1 Å². The molecule has 176 valence electrons. The standard InChI is InChI=1S/C27H17N3O6/c31-24-13-11-18(30(35)36)15-22(24)28-25(32)17-10-12-20-21(14-17)27(34)29(26(20)33)23-9-5-4-8-19(23)16-6-2-1-3-7-16/h1-15,31H,(H,28,32). The van der Waals surface area contributed by atoms with Gasteiger partial charge in [-0.25, -0.2) is 4.90 Å². The third kappa shape index (κ3) is 3.84. The molecule has 0 bridgehead atoms. The van der Waals surface area contributed by atoms with E-state index in [0.29, 0.717) is 11.3 Å². The van der Waals surface area contributed by atoms with Gasteiger partial charge in [0.05, 0.1) is 27.4 Å². The van der Waals surface area contributed by atoms with E-state index in [-0.39, 0.29) is 33.8 Å². The van der Waals surface area contributed by atoms with E-state index >= 15 is 0 Å². The van der Waals surface area contributed by atoms with Crippen molar-refractivity contribution in [2.45, 2.75) is 0 Å². The Hall–Kier alpha value is -5.31. The van der Waals surface area contributed by atoms with Crippen molar-refractivity contribution in [1.29, 1.82) is 0 Å². The first-order valence-corrected chi connectivity index (χ1v) is 10.8. The van der Waals surface area contributed by atoms with Gasteiger partial charge in [0.2, 0.25) is 0 Å². The monoisotopic (exact) mass is 479 g/mol. The van der Waals surface area contributed by atoms with E-state index < -0.39 is 22.6 Å². The number of anilines is 2. The largest absolute Gasteiger partial charge is 0.506 e. The van der Waals surface area contributed by atoms with E-state index in [2.05, 4.69) is 5.32 Å². The van der Waals surface area contributed by atoms with Crippen LogP contribution in [0.5, 0.6) is 5.75 Å². The zero-order chi connectivity index (χ0) is 25.4. The molecule has 0 unspecified atom stereocenters. The predicted octanol–water partition coefficient (Wildman–Crippen LogP) is 5.02. The Bertz CT molecular complexity index is 1570. The van der Waals surface area contributed by atoms with Crippen molar-refractivity contribution in [1.82, 2.24) is 0 Å². The number of rotatable bonds is 5. The van der Waals surface area contributed by atoms with Gasteiger partial charge < -0.3 is 10.4 Å². The van der Waals surface area contributed by atoms with Crippen LogP contribution in [-0.4, -0.2) is 27.8 Å². The van der Waals surface area contributed by atoms with E-state index in [1.54, 1.807) is 12.1 Å². The first kappa shape index (κ1) is 22.5. The van der Waals surface area contributed by atoms with Gasteiger partial charge in [-0.1, -0.05) is 48.5 Å². The van der Waals surface area contributed by atoms with Crippen LogP contribution >= 0.6 is 0 Å². The van der Waals surface area contributed by atoms with Crippen molar-refractivity contribution < 1.29 is 24.4 Å². The fraction of sp³-hybridized carbons (Fsp3) is 0. The zero-order valence-electron chi connectivity index (χ0n) is 18.5. The third-order valence-corrected chi connectivity index (χ3v) is 5.82. The van der Waals surface area contributed by atoms with Crippen LogP contribution in [0.3, 0.4) is 0 Å². The Morgan fingerprint density at radius 2 is 1.50 bits per heavy atom. The van der Waals surface area contributed by atoms with Crippen molar-refractivity contribution in [3.05, 3.63) is 118 Å². The van der Waals surface area contributed by atoms with Crippen molar-refractivity contribution in [3.63, 3.8) is 0 Å². The van der Waals surface area contributed by atoms with Gasteiger partial charge in [-0.2, -0.15) is 0 Å². The Morgan fingerprint density at radius 1 is 0.806 bits per heavy atom. The second-order valence-corrected chi connectivity index (χ2v) is 8.00. The second-order valence-electron chi connectivity index (χ2n) is 8.00. The number of para-hydroxylation sites is 1. The van der Waals surface area contributed by atoms with Crippen molar-refractivity contribution in [3.8, 4) is 16.9 Å². The number of nitrogens with one attached hydrogen (secondary N) is 1. The number of carbonyl (C=O) groups excluding carboxylic acids is 3. The molecule has 4 aromatic carbocycles. The third-order valence-electron chi connectivity index (χ3n) is 5.82. The molecule has 0 saturated carbocycles. The Balaban J connectivity index is 1.47. The van der Waals surface area contributed by atoms with Crippen LogP contribution < -0.4 is 10.2 Å². The Labute approximate surface area is 204 Å². The van der Waals surface area contributed by atoms with Crippen LogP contribution in [0.15, 0.2) is 91.0 Å². The van der Waals surface area contributed by atoms with E-state index in [1.807, 2.05) is 42.5 Å². The molecule has 9 heteroatoms. The molecule has 0 radical (unpaired) electrons. The minimum absolute atomic E-state index is 0.0407. The number of phenolic OH excluding ortho intramolecular Hbond substituents is 1. The molecule has 36 heavy (non-hydrogen) atoms. The molecule has 1 aliphatic heterocycles.